The van der Waals surface area contributed by atoms with E-state index in [1.807, 2.05) is 0 Å². The minimum Gasteiger partial charge on any atom is -0.289 e. The Bertz CT molecular complexity index is 709. The molecule has 0 heterocycles. The number of carbonyl (C=O) groups is 1. The Morgan fingerprint density at radius 3 is 2.05 bits per heavy atom. The molecule has 0 spiro atoms. The van der Waals surface area contributed by atoms with E-state index in [-0.39, 0.29) is 10.6 Å². The van der Waals surface area contributed by atoms with E-state index >= 15 is 0 Å². The average Bonchev–Trinajstić information content (AvgIpc) is 2.40. The Hall–Kier alpha value is -1.95. The summed E-state index contributed by atoms with van der Waals surface area (Å²) < 4.78 is 64.2. The second-order valence-corrected chi connectivity index (χ2v) is 4.56. The number of halogens is 6. The van der Waals surface area contributed by atoms with Crippen molar-refractivity contribution in [1.82, 2.24) is 0 Å². The molecule has 0 radical (unpaired) electrons. The number of benzene rings is 2. The highest BCUT2D eigenvalue weighted by Crippen LogP contribution is 2.32. The third-order valence-electron chi connectivity index (χ3n) is 2.72. The van der Waals surface area contributed by atoms with Gasteiger partial charge in [0.05, 0.1) is 10.6 Å². The van der Waals surface area contributed by atoms with Crippen molar-refractivity contribution in [3.05, 3.63) is 69.7 Å². The van der Waals surface area contributed by atoms with Crippen LogP contribution in [0.5, 0.6) is 0 Å². The Morgan fingerprint density at radius 1 is 0.905 bits per heavy atom. The molecule has 0 N–H and O–H groups in total. The maximum absolute atomic E-state index is 13.3. The van der Waals surface area contributed by atoms with Gasteiger partial charge >= 0.3 is 6.18 Å². The van der Waals surface area contributed by atoms with Gasteiger partial charge in [-0.25, -0.2) is 8.78 Å². The molecule has 0 aromatic heterocycles. The predicted octanol–water partition coefficient (Wildman–Crippen LogP) is 4.87. The first-order valence-corrected chi connectivity index (χ1v) is 5.94. The van der Waals surface area contributed by atoms with Crippen LogP contribution in [0.2, 0.25) is 5.02 Å². The summed E-state index contributed by atoms with van der Waals surface area (Å²) in [6.07, 6.45) is -4.92. The molecule has 0 amide bonds. The number of carbonyl (C=O) groups excluding carboxylic acids is 1. The van der Waals surface area contributed by atoms with Gasteiger partial charge in [0, 0.05) is 11.1 Å². The molecule has 0 fully saturated rings. The van der Waals surface area contributed by atoms with Gasteiger partial charge in [-0.2, -0.15) is 13.2 Å². The van der Waals surface area contributed by atoms with Crippen LogP contribution >= 0.6 is 11.6 Å². The predicted molar refractivity (Wildman–Crippen MR) is 66.2 cm³/mol. The van der Waals surface area contributed by atoms with Crippen molar-refractivity contribution < 1.29 is 26.7 Å². The molecule has 0 aliphatic heterocycles. The molecule has 0 saturated heterocycles. The molecule has 21 heavy (non-hydrogen) atoms. The van der Waals surface area contributed by atoms with Gasteiger partial charge in [-0.15, -0.1) is 0 Å². The third kappa shape index (κ3) is 3.21. The van der Waals surface area contributed by atoms with E-state index < -0.39 is 34.7 Å². The monoisotopic (exact) mass is 320 g/mol. The van der Waals surface area contributed by atoms with Gasteiger partial charge in [-0.1, -0.05) is 11.6 Å². The molecule has 0 bridgehead atoms. The number of hydrogen-bond acceptors (Lipinski definition) is 1. The van der Waals surface area contributed by atoms with E-state index in [2.05, 4.69) is 0 Å². The second kappa shape index (κ2) is 5.44. The maximum atomic E-state index is 13.3. The Morgan fingerprint density at radius 2 is 1.48 bits per heavy atom. The van der Waals surface area contributed by atoms with Crippen molar-refractivity contribution in [2.45, 2.75) is 6.18 Å². The third-order valence-corrected chi connectivity index (χ3v) is 3.02. The largest absolute Gasteiger partial charge is 0.419 e. The van der Waals surface area contributed by atoms with Gasteiger partial charge in [0.2, 0.25) is 0 Å². The fraction of sp³-hybridized carbons (Fsp3) is 0.0714. The standard InChI is InChI=1S/C14H6ClF5O/c15-10-3-1-8(6-12(10)17)13(21)7-2-4-11(16)9(5-7)14(18,19)20/h1-6H. The lowest BCUT2D eigenvalue weighted by atomic mass is 10.0. The Labute approximate surface area is 121 Å². The average molecular weight is 321 g/mol. The topological polar surface area (TPSA) is 17.1 Å². The van der Waals surface area contributed by atoms with Crippen molar-refractivity contribution in [1.29, 1.82) is 0 Å². The molecule has 2 aromatic carbocycles. The van der Waals surface area contributed by atoms with E-state index in [0.717, 1.165) is 18.2 Å². The molecule has 0 unspecified atom stereocenters. The molecule has 1 nitrogen and oxygen atoms in total. The van der Waals surface area contributed by atoms with Crippen LogP contribution in [0.1, 0.15) is 21.5 Å². The highest BCUT2D eigenvalue weighted by Gasteiger charge is 2.34. The van der Waals surface area contributed by atoms with Gasteiger partial charge < -0.3 is 0 Å². The van der Waals surface area contributed by atoms with Crippen LogP contribution in [0.3, 0.4) is 0 Å². The molecular formula is C14H6ClF5O. The number of alkyl halides is 3. The van der Waals surface area contributed by atoms with Crippen LogP contribution < -0.4 is 0 Å². The second-order valence-electron chi connectivity index (χ2n) is 4.15. The SMILES string of the molecule is O=C(c1ccc(Cl)c(F)c1)c1ccc(F)c(C(F)(F)F)c1. The van der Waals surface area contributed by atoms with E-state index in [1.54, 1.807) is 0 Å². The summed E-state index contributed by atoms with van der Waals surface area (Å²) in [5.74, 6) is -3.22. The molecule has 2 aromatic rings. The van der Waals surface area contributed by atoms with Crippen LogP contribution in [-0.4, -0.2) is 5.78 Å². The van der Waals surface area contributed by atoms with Gasteiger partial charge in [0.15, 0.2) is 5.78 Å². The molecule has 0 aliphatic carbocycles. The highest BCUT2D eigenvalue weighted by molar-refractivity contribution is 6.30. The molecule has 2 rings (SSSR count). The summed E-state index contributed by atoms with van der Waals surface area (Å²) in [5, 5.41) is -0.221. The van der Waals surface area contributed by atoms with Crippen molar-refractivity contribution in [3.63, 3.8) is 0 Å². The lowest BCUT2D eigenvalue weighted by molar-refractivity contribution is -0.140. The molecule has 0 aliphatic rings. The molecule has 0 atom stereocenters. The zero-order chi connectivity index (χ0) is 15.8. The summed E-state index contributed by atoms with van der Waals surface area (Å²) in [6, 6.07) is 4.93. The van der Waals surface area contributed by atoms with Gasteiger partial charge in [0.25, 0.3) is 0 Å². The summed E-state index contributed by atoms with van der Waals surface area (Å²) in [4.78, 5) is 12.0. The van der Waals surface area contributed by atoms with E-state index in [4.69, 9.17) is 11.6 Å². The molecular weight excluding hydrogens is 315 g/mol. The summed E-state index contributed by atoms with van der Waals surface area (Å²) in [6.45, 7) is 0. The fourth-order valence-corrected chi connectivity index (χ4v) is 1.81. The minimum atomic E-state index is -4.92. The van der Waals surface area contributed by atoms with E-state index in [9.17, 15) is 26.7 Å². The van der Waals surface area contributed by atoms with Gasteiger partial charge in [-0.3, -0.25) is 4.79 Å². The Kier molecular flexibility index (Phi) is 4.00. The van der Waals surface area contributed by atoms with Crippen molar-refractivity contribution in [3.8, 4) is 0 Å². The van der Waals surface area contributed by atoms with Crippen LogP contribution in [0, 0.1) is 11.6 Å². The molecule has 110 valence electrons. The van der Waals surface area contributed by atoms with Gasteiger partial charge in [0.1, 0.15) is 11.6 Å². The summed E-state index contributed by atoms with van der Waals surface area (Å²) in [5.41, 5.74) is -2.13. The van der Waals surface area contributed by atoms with Crippen molar-refractivity contribution in [2.24, 2.45) is 0 Å². The van der Waals surface area contributed by atoms with Crippen LogP contribution in [-0.2, 0) is 6.18 Å². The number of rotatable bonds is 2. The summed E-state index contributed by atoms with van der Waals surface area (Å²) >= 11 is 5.45. The fourth-order valence-electron chi connectivity index (χ4n) is 1.69. The lowest BCUT2D eigenvalue weighted by Gasteiger charge is -2.10. The van der Waals surface area contributed by atoms with E-state index in [0.29, 0.717) is 12.1 Å². The number of ketones is 1. The Balaban J connectivity index is 2.46. The first-order chi connectivity index (χ1) is 9.70. The van der Waals surface area contributed by atoms with Crippen LogP contribution in [0.25, 0.3) is 0 Å². The van der Waals surface area contributed by atoms with Crippen LogP contribution in [0.4, 0.5) is 22.0 Å². The normalized spacial score (nSPS) is 11.5. The molecule has 7 heteroatoms. The maximum Gasteiger partial charge on any atom is 0.419 e. The summed E-state index contributed by atoms with van der Waals surface area (Å²) in [7, 11) is 0. The molecule has 0 saturated carbocycles. The zero-order valence-corrected chi connectivity index (χ0v) is 10.9. The zero-order valence-electron chi connectivity index (χ0n) is 10.1. The van der Waals surface area contributed by atoms with Crippen molar-refractivity contribution in [2.75, 3.05) is 0 Å². The quantitative estimate of drug-likeness (QED) is 0.570. The first kappa shape index (κ1) is 15.4. The minimum absolute atomic E-state index is 0.184. The smallest absolute Gasteiger partial charge is 0.289 e. The number of hydrogen-bond donors (Lipinski definition) is 0. The first-order valence-electron chi connectivity index (χ1n) is 5.56. The highest BCUT2D eigenvalue weighted by atomic mass is 35.5. The van der Waals surface area contributed by atoms with Gasteiger partial charge in [-0.05, 0) is 36.4 Å². The lowest BCUT2D eigenvalue weighted by Crippen LogP contribution is -2.11. The van der Waals surface area contributed by atoms with Crippen molar-refractivity contribution >= 4 is 17.4 Å². The van der Waals surface area contributed by atoms with E-state index in [1.165, 1.54) is 6.07 Å². The van der Waals surface area contributed by atoms with Crippen LogP contribution in [0.15, 0.2) is 36.4 Å².